The first-order valence-corrected chi connectivity index (χ1v) is 10.6. The van der Waals surface area contributed by atoms with Gasteiger partial charge in [-0.1, -0.05) is 60.8 Å². The molecule has 0 saturated heterocycles. The van der Waals surface area contributed by atoms with E-state index in [0.29, 0.717) is 39.2 Å². The third-order valence-electron chi connectivity index (χ3n) is 5.58. The average molecular weight is 449 g/mol. The number of rotatable bonds is 2. The van der Waals surface area contributed by atoms with Crippen LogP contribution >= 0.6 is 34.8 Å². The van der Waals surface area contributed by atoms with E-state index in [4.69, 9.17) is 34.8 Å². The van der Waals surface area contributed by atoms with Crippen molar-refractivity contribution in [3.05, 3.63) is 74.4 Å². The van der Waals surface area contributed by atoms with E-state index in [1.807, 2.05) is 18.2 Å². The Bertz CT molecular complexity index is 1040. The van der Waals surface area contributed by atoms with Gasteiger partial charge in [0.05, 0.1) is 10.0 Å². The highest BCUT2D eigenvalue weighted by Gasteiger charge is 2.44. The van der Waals surface area contributed by atoms with Gasteiger partial charge in [-0.05, 0) is 47.7 Å². The van der Waals surface area contributed by atoms with Crippen LogP contribution in [0.1, 0.15) is 44.6 Å². The van der Waals surface area contributed by atoms with Crippen molar-refractivity contribution < 1.29 is 9.59 Å². The second kappa shape index (κ2) is 7.46. The van der Waals surface area contributed by atoms with Crippen LogP contribution in [0.5, 0.6) is 0 Å². The van der Waals surface area contributed by atoms with Crippen molar-refractivity contribution in [1.29, 1.82) is 0 Å². The minimum Gasteiger partial charge on any atom is -0.294 e. The van der Waals surface area contributed by atoms with Crippen LogP contribution in [0.3, 0.4) is 0 Å². The van der Waals surface area contributed by atoms with Gasteiger partial charge in [0.2, 0.25) is 5.91 Å². The van der Waals surface area contributed by atoms with Crippen molar-refractivity contribution in [3.8, 4) is 0 Å². The van der Waals surface area contributed by atoms with E-state index >= 15 is 0 Å². The normalized spacial score (nSPS) is 21.4. The van der Waals surface area contributed by atoms with Gasteiger partial charge >= 0.3 is 0 Å². The highest BCUT2D eigenvalue weighted by Crippen LogP contribution is 2.49. The number of anilines is 1. The molecule has 0 aromatic heterocycles. The molecular formula is C23H20Cl3NO2. The number of amides is 1. The molecule has 3 nitrogen and oxygen atoms in total. The van der Waals surface area contributed by atoms with Crippen molar-refractivity contribution in [1.82, 2.24) is 0 Å². The second-order valence-electron chi connectivity index (χ2n) is 8.41. The molecule has 0 spiro atoms. The Labute approximate surface area is 185 Å². The lowest BCUT2D eigenvalue weighted by atomic mass is 9.69. The summed E-state index contributed by atoms with van der Waals surface area (Å²) in [5.74, 6) is -0.405. The molecule has 29 heavy (non-hydrogen) atoms. The van der Waals surface area contributed by atoms with Crippen molar-refractivity contribution in [2.45, 2.75) is 39.0 Å². The standard InChI is InChI=1S/C23H20Cl3NO2/c1-23(2)11-18-21(19(28)12-23)16(15-4-3-5-17(25)22(15)26)10-20(29)27(18)14-8-6-13(24)7-9-14/h3-9,16H,10-12H2,1-2H3. The third-order valence-corrected chi connectivity index (χ3v) is 6.67. The summed E-state index contributed by atoms with van der Waals surface area (Å²) in [4.78, 5) is 28.3. The Hall–Kier alpha value is -1.81. The number of Topliss-reactive ketones (excluding diaryl/α,β-unsaturated/α-hetero) is 1. The molecule has 0 saturated carbocycles. The Morgan fingerprint density at radius 1 is 0.966 bits per heavy atom. The molecule has 1 aliphatic carbocycles. The number of hydrogen-bond acceptors (Lipinski definition) is 2. The predicted octanol–water partition coefficient (Wildman–Crippen LogP) is 6.81. The van der Waals surface area contributed by atoms with Gasteiger partial charge in [-0.25, -0.2) is 0 Å². The summed E-state index contributed by atoms with van der Waals surface area (Å²) in [6.45, 7) is 4.10. The van der Waals surface area contributed by atoms with Crippen LogP contribution in [-0.4, -0.2) is 11.7 Å². The predicted molar refractivity (Wildman–Crippen MR) is 118 cm³/mol. The smallest absolute Gasteiger partial charge is 0.232 e. The number of ketones is 1. The molecule has 2 aliphatic rings. The van der Waals surface area contributed by atoms with E-state index in [-0.39, 0.29) is 23.5 Å². The Balaban J connectivity index is 1.92. The van der Waals surface area contributed by atoms with Crippen molar-refractivity contribution in [3.63, 3.8) is 0 Å². The summed E-state index contributed by atoms with van der Waals surface area (Å²) in [6.07, 6.45) is 1.22. The summed E-state index contributed by atoms with van der Waals surface area (Å²) >= 11 is 18.7. The molecule has 4 rings (SSSR count). The van der Waals surface area contributed by atoms with Crippen LogP contribution < -0.4 is 4.90 Å². The summed E-state index contributed by atoms with van der Waals surface area (Å²) in [5.41, 5.74) is 2.63. The van der Waals surface area contributed by atoms with E-state index in [1.54, 1.807) is 29.2 Å². The highest BCUT2D eigenvalue weighted by atomic mass is 35.5. The minimum absolute atomic E-state index is 0.0590. The van der Waals surface area contributed by atoms with Gasteiger partial charge in [0.25, 0.3) is 0 Å². The Kier molecular flexibility index (Phi) is 5.27. The fourth-order valence-electron chi connectivity index (χ4n) is 4.36. The van der Waals surface area contributed by atoms with Crippen LogP contribution in [-0.2, 0) is 9.59 Å². The first kappa shape index (κ1) is 20.5. The van der Waals surface area contributed by atoms with E-state index in [9.17, 15) is 9.59 Å². The molecule has 0 bridgehead atoms. The SMILES string of the molecule is CC1(C)CC(=O)C2=C(C1)N(c1ccc(Cl)cc1)C(=O)CC2c1cccc(Cl)c1Cl. The number of hydrogen-bond donors (Lipinski definition) is 0. The number of halogens is 3. The molecule has 0 N–H and O–H groups in total. The molecule has 1 unspecified atom stereocenters. The maximum Gasteiger partial charge on any atom is 0.232 e. The maximum absolute atomic E-state index is 13.3. The fourth-order valence-corrected chi connectivity index (χ4v) is 4.93. The molecule has 1 aliphatic heterocycles. The van der Waals surface area contributed by atoms with Crippen LogP contribution in [0.25, 0.3) is 0 Å². The van der Waals surface area contributed by atoms with Gasteiger partial charge in [0, 0.05) is 40.7 Å². The second-order valence-corrected chi connectivity index (χ2v) is 9.63. The van der Waals surface area contributed by atoms with Gasteiger partial charge in [0.1, 0.15) is 0 Å². The van der Waals surface area contributed by atoms with Gasteiger partial charge < -0.3 is 0 Å². The number of carbonyl (C=O) groups excluding carboxylic acids is 2. The number of allylic oxidation sites excluding steroid dienone is 2. The van der Waals surface area contributed by atoms with E-state index < -0.39 is 5.92 Å². The zero-order valence-corrected chi connectivity index (χ0v) is 18.4. The first-order valence-electron chi connectivity index (χ1n) is 9.46. The topological polar surface area (TPSA) is 37.4 Å². The largest absolute Gasteiger partial charge is 0.294 e. The Morgan fingerprint density at radius 2 is 1.66 bits per heavy atom. The number of benzene rings is 2. The van der Waals surface area contributed by atoms with Gasteiger partial charge in [-0.3, -0.25) is 14.5 Å². The van der Waals surface area contributed by atoms with Crippen molar-refractivity contribution in [2.24, 2.45) is 5.41 Å². The molecule has 2 aromatic rings. The summed E-state index contributed by atoms with van der Waals surface area (Å²) in [5, 5.41) is 1.41. The maximum atomic E-state index is 13.3. The van der Waals surface area contributed by atoms with Gasteiger partial charge in [-0.15, -0.1) is 0 Å². The van der Waals surface area contributed by atoms with E-state index in [2.05, 4.69) is 13.8 Å². The molecule has 150 valence electrons. The number of carbonyl (C=O) groups is 2. The van der Waals surface area contributed by atoms with Crippen LogP contribution in [0.15, 0.2) is 53.7 Å². The molecule has 1 heterocycles. The molecule has 1 atom stereocenters. The van der Waals surface area contributed by atoms with Crippen molar-refractivity contribution in [2.75, 3.05) is 4.90 Å². The van der Waals surface area contributed by atoms with E-state index in [1.165, 1.54) is 0 Å². The highest BCUT2D eigenvalue weighted by molar-refractivity contribution is 6.42. The number of nitrogens with zero attached hydrogens (tertiary/aromatic N) is 1. The summed E-state index contributed by atoms with van der Waals surface area (Å²) in [6, 6.07) is 12.5. The molecule has 1 amide bonds. The average Bonchev–Trinajstić information content (AvgIpc) is 2.63. The molecule has 0 fully saturated rings. The lowest BCUT2D eigenvalue weighted by Gasteiger charge is -2.43. The minimum atomic E-state index is -0.393. The van der Waals surface area contributed by atoms with Gasteiger partial charge in [-0.2, -0.15) is 0 Å². The quantitative estimate of drug-likeness (QED) is 0.506. The molecular weight excluding hydrogens is 429 g/mol. The van der Waals surface area contributed by atoms with Crippen LogP contribution in [0.4, 0.5) is 5.69 Å². The first-order chi connectivity index (χ1) is 13.7. The third kappa shape index (κ3) is 3.72. The summed E-state index contributed by atoms with van der Waals surface area (Å²) in [7, 11) is 0. The lowest BCUT2D eigenvalue weighted by Crippen LogP contribution is -2.43. The van der Waals surface area contributed by atoms with Crippen LogP contribution in [0.2, 0.25) is 15.1 Å². The monoisotopic (exact) mass is 447 g/mol. The van der Waals surface area contributed by atoms with E-state index in [0.717, 1.165) is 11.3 Å². The van der Waals surface area contributed by atoms with Crippen LogP contribution in [0, 0.1) is 5.41 Å². The van der Waals surface area contributed by atoms with Crippen molar-refractivity contribution >= 4 is 52.2 Å². The zero-order valence-electron chi connectivity index (χ0n) is 16.1. The molecule has 6 heteroatoms. The molecule has 2 aromatic carbocycles. The summed E-state index contributed by atoms with van der Waals surface area (Å²) < 4.78 is 0. The lowest BCUT2D eigenvalue weighted by molar-refractivity contribution is -0.121. The van der Waals surface area contributed by atoms with Gasteiger partial charge in [0.15, 0.2) is 5.78 Å². The Morgan fingerprint density at radius 3 is 2.34 bits per heavy atom. The molecule has 0 radical (unpaired) electrons. The zero-order chi connectivity index (χ0) is 20.9. The fraction of sp³-hybridized carbons (Fsp3) is 0.304.